The number of carbonyl (C=O) groups is 2. The highest BCUT2D eigenvalue weighted by atomic mass is 16.5. The van der Waals surface area contributed by atoms with Crippen LogP contribution in [0.3, 0.4) is 0 Å². The molecule has 4 rings (SSSR count). The molecule has 1 atom stereocenters. The van der Waals surface area contributed by atoms with Gasteiger partial charge in [-0.05, 0) is 41.3 Å². The number of hydrogen-bond acceptors (Lipinski definition) is 7. The van der Waals surface area contributed by atoms with Crippen molar-refractivity contribution in [3.05, 3.63) is 59.7 Å². The van der Waals surface area contributed by atoms with Crippen molar-refractivity contribution in [1.82, 2.24) is 14.8 Å². The van der Waals surface area contributed by atoms with Crippen LogP contribution < -0.4 is 9.47 Å². The van der Waals surface area contributed by atoms with Crippen molar-refractivity contribution in [2.24, 2.45) is 10.5 Å². The van der Waals surface area contributed by atoms with Gasteiger partial charge in [-0.1, -0.05) is 39.0 Å². The van der Waals surface area contributed by atoms with E-state index in [-0.39, 0.29) is 29.8 Å². The molecule has 0 saturated carbocycles. The van der Waals surface area contributed by atoms with Crippen LogP contribution in [-0.4, -0.2) is 92.5 Å². The number of morpholine rings is 1. The average molecular weight is 551 g/mol. The summed E-state index contributed by atoms with van der Waals surface area (Å²) in [6.45, 7) is 10.3. The monoisotopic (exact) mass is 550 g/mol. The Hall–Kier alpha value is -3.43. The topological polar surface area (TPSA) is 83.9 Å². The van der Waals surface area contributed by atoms with Gasteiger partial charge in [0.25, 0.3) is 5.91 Å². The van der Waals surface area contributed by atoms with Crippen molar-refractivity contribution in [2.75, 3.05) is 60.2 Å². The van der Waals surface area contributed by atoms with E-state index in [9.17, 15) is 9.59 Å². The van der Waals surface area contributed by atoms with Gasteiger partial charge >= 0.3 is 0 Å². The van der Waals surface area contributed by atoms with Crippen molar-refractivity contribution >= 4 is 17.5 Å². The molecule has 9 heteroatoms. The number of amides is 2. The lowest BCUT2D eigenvalue weighted by molar-refractivity contribution is -0.142. The molecular formula is C31H42N4O5. The number of benzene rings is 2. The summed E-state index contributed by atoms with van der Waals surface area (Å²) in [5.41, 5.74) is 2.41. The largest absolute Gasteiger partial charge is 0.497 e. The molecule has 2 aromatic rings. The zero-order chi connectivity index (χ0) is 28.7. The van der Waals surface area contributed by atoms with E-state index in [0.29, 0.717) is 44.9 Å². The first-order chi connectivity index (χ1) is 19.2. The molecule has 0 radical (unpaired) electrons. The van der Waals surface area contributed by atoms with Gasteiger partial charge in [-0.3, -0.25) is 14.5 Å². The van der Waals surface area contributed by atoms with Crippen LogP contribution in [0.5, 0.6) is 11.5 Å². The Kier molecular flexibility index (Phi) is 9.81. The summed E-state index contributed by atoms with van der Waals surface area (Å²) < 4.78 is 16.4. The Balaban J connectivity index is 1.60. The number of hydrazone groups is 1. The summed E-state index contributed by atoms with van der Waals surface area (Å²) in [7, 11) is 3.26. The lowest BCUT2D eigenvalue weighted by Crippen LogP contribution is -2.47. The summed E-state index contributed by atoms with van der Waals surface area (Å²) in [5, 5.41) is 6.37. The Bertz CT molecular complexity index is 1180. The molecule has 216 valence electrons. The smallest absolute Gasteiger partial charge is 0.262 e. The van der Waals surface area contributed by atoms with Gasteiger partial charge in [0, 0.05) is 44.6 Å². The molecule has 2 aliphatic heterocycles. The standard InChI is InChI=1S/C31H42N4O5/c1-31(2,3)21-29(36)34(15-14-33-16-18-40-19-17-33)22-30(37)35-27(25-8-6-7-9-28(25)39-5)20-26(32-35)23-10-12-24(38-4)13-11-23/h6-13,27H,14-22H2,1-5H3. The number of methoxy groups -OCH3 is 2. The third kappa shape index (κ3) is 7.61. The van der Waals surface area contributed by atoms with Crippen LogP contribution >= 0.6 is 0 Å². The minimum Gasteiger partial charge on any atom is -0.497 e. The van der Waals surface area contributed by atoms with E-state index in [1.165, 1.54) is 0 Å². The molecule has 2 heterocycles. The molecule has 1 unspecified atom stereocenters. The van der Waals surface area contributed by atoms with Crippen molar-refractivity contribution in [3.63, 3.8) is 0 Å². The molecule has 0 spiro atoms. The number of nitrogens with zero attached hydrogens (tertiary/aromatic N) is 4. The van der Waals surface area contributed by atoms with E-state index < -0.39 is 0 Å². The first kappa shape index (κ1) is 29.6. The maximum atomic E-state index is 14.0. The van der Waals surface area contributed by atoms with Gasteiger partial charge in [-0.25, -0.2) is 5.01 Å². The van der Waals surface area contributed by atoms with Gasteiger partial charge < -0.3 is 19.1 Å². The van der Waals surface area contributed by atoms with Crippen LogP contribution in [0.1, 0.15) is 50.8 Å². The van der Waals surface area contributed by atoms with E-state index in [4.69, 9.17) is 19.3 Å². The maximum absolute atomic E-state index is 14.0. The number of para-hydroxylation sites is 1. The second-order valence-electron chi connectivity index (χ2n) is 11.5. The van der Waals surface area contributed by atoms with Crippen molar-refractivity contribution < 1.29 is 23.8 Å². The number of carbonyl (C=O) groups excluding carboxylic acids is 2. The van der Waals surface area contributed by atoms with Crippen LogP contribution in [0, 0.1) is 5.41 Å². The fourth-order valence-corrected chi connectivity index (χ4v) is 5.06. The van der Waals surface area contributed by atoms with Crippen LogP contribution in [-0.2, 0) is 14.3 Å². The number of ether oxygens (including phenoxy) is 3. The second-order valence-corrected chi connectivity index (χ2v) is 11.5. The summed E-state index contributed by atoms with van der Waals surface area (Å²) in [4.78, 5) is 31.4. The summed E-state index contributed by atoms with van der Waals surface area (Å²) in [6.07, 6.45) is 0.891. The highest BCUT2D eigenvalue weighted by molar-refractivity contribution is 6.03. The van der Waals surface area contributed by atoms with Crippen LogP contribution in [0.2, 0.25) is 0 Å². The number of rotatable bonds is 10. The van der Waals surface area contributed by atoms with Crippen LogP contribution in [0.4, 0.5) is 0 Å². The lowest BCUT2D eigenvalue weighted by Gasteiger charge is -2.32. The fourth-order valence-electron chi connectivity index (χ4n) is 5.06. The van der Waals surface area contributed by atoms with E-state index in [1.807, 2.05) is 69.3 Å². The summed E-state index contributed by atoms with van der Waals surface area (Å²) in [6, 6.07) is 15.0. The van der Waals surface area contributed by atoms with E-state index in [1.54, 1.807) is 24.1 Å². The Labute approximate surface area is 237 Å². The molecule has 1 saturated heterocycles. The molecule has 2 aromatic carbocycles. The number of hydrogen-bond donors (Lipinski definition) is 0. The normalized spacial score (nSPS) is 17.9. The van der Waals surface area contributed by atoms with Gasteiger partial charge in [0.05, 0.1) is 39.2 Å². The third-order valence-electron chi connectivity index (χ3n) is 7.24. The van der Waals surface area contributed by atoms with E-state index in [0.717, 1.165) is 35.7 Å². The Morgan fingerprint density at radius 2 is 1.73 bits per heavy atom. The maximum Gasteiger partial charge on any atom is 0.262 e. The minimum atomic E-state index is -0.348. The third-order valence-corrected chi connectivity index (χ3v) is 7.24. The van der Waals surface area contributed by atoms with Gasteiger partial charge in [0.15, 0.2) is 0 Å². The second kappa shape index (κ2) is 13.3. The molecular weight excluding hydrogens is 508 g/mol. The quantitative estimate of drug-likeness (QED) is 0.445. The first-order valence-electron chi connectivity index (χ1n) is 13.9. The van der Waals surface area contributed by atoms with Crippen LogP contribution in [0.25, 0.3) is 0 Å². The molecule has 2 aliphatic rings. The fraction of sp³-hybridized carbons (Fsp3) is 0.516. The molecule has 0 aliphatic carbocycles. The van der Waals surface area contributed by atoms with Crippen LogP contribution in [0.15, 0.2) is 53.6 Å². The van der Waals surface area contributed by atoms with Gasteiger partial charge in [-0.2, -0.15) is 5.10 Å². The predicted octanol–water partition coefficient (Wildman–Crippen LogP) is 3.98. The Morgan fingerprint density at radius 1 is 1.02 bits per heavy atom. The first-order valence-corrected chi connectivity index (χ1v) is 13.9. The van der Waals surface area contributed by atoms with Crippen molar-refractivity contribution in [2.45, 2.75) is 39.7 Å². The van der Waals surface area contributed by atoms with E-state index in [2.05, 4.69) is 4.90 Å². The zero-order valence-electron chi connectivity index (χ0n) is 24.4. The molecule has 2 amide bonds. The molecule has 0 bridgehead atoms. The van der Waals surface area contributed by atoms with Gasteiger partial charge in [-0.15, -0.1) is 0 Å². The highest BCUT2D eigenvalue weighted by Crippen LogP contribution is 2.37. The summed E-state index contributed by atoms with van der Waals surface area (Å²) in [5.74, 6) is 1.21. The van der Waals surface area contributed by atoms with Gasteiger partial charge in [0.2, 0.25) is 5.91 Å². The Morgan fingerprint density at radius 3 is 2.38 bits per heavy atom. The molecule has 0 aromatic heterocycles. The zero-order valence-corrected chi connectivity index (χ0v) is 24.4. The van der Waals surface area contributed by atoms with Crippen molar-refractivity contribution in [1.29, 1.82) is 0 Å². The van der Waals surface area contributed by atoms with Gasteiger partial charge in [0.1, 0.15) is 18.0 Å². The lowest BCUT2D eigenvalue weighted by atomic mass is 9.91. The van der Waals surface area contributed by atoms with E-state index >= 15 is 0 Å². The average Bonchev–Trinajstić information content (AvgIpc) is 3.40. The molecule has 0 N–H and O–H groups in total. The molecule has 1 fully saturated rings. The molecule has 40 heavy (non-hydrogen) atoms. The predicted molar refractivity (Wildman–Crippen MR) is 155 cm³/mol. The van der Waals surface area contributed by atoms with Crippen molar-refractivity contribution in [3.8, 4) is 11.5 Å². The minimum absolute atomic E-state index is 0.0264. The summed E-state index contributed by atoms with van der Waals surface area (Å²) >= 11 is 0. The molecule has 9 nitrogen and oxygen atoms in total. The highest BCUT2D eigenvalue weighted by Gasteiger charge is 2.36. The SMILES string of the molecule is COc1ccc(C2=NN(C(=O)CN(CCN3CCOCC3)C(=O)CC(C)(C)C)C(c3ccccc3OC)C2)cc1.